The predicted octanol–water partition coefficient (Wildman–Crippen LogP) is 3.54. The number of anilines is 2. The van der Waals surface area contributed by atoms with Crippen molar-refractivity contribution in [2.75, 3.05) is 36.4 Å². The number of amides is 2. The topological polar surface area (TPSA) is 55.8 Å². The molecule has 3 rings (SSSR count). The molecule has 1 aliphatic rings. The van der Waals surface area contributed by atoms with Crippen LogP contribution < -0.4 is 10.2 Å². The number of carbonyl (C=O) groups excluding carboxylic acids is 1. The maximum Gasteiger partial charge on any atom is 0.322 e. The predicted molar refractivity (Wildman–Crippen MR) is 92.3 cm³/mol. The van der Waals surface area contributed by atoms with Crippen LogP contribution in [0.15, 0.2) is 42.5 Å². The lowest BCUT2D eigenvalue weighted by atomic mass is 10.2. The summed E-state index contributed by atoms with van der Waals surface area (Å²) in [6.07, 6.45) is 0. The van der Waals surface area contributed by atoms with Gasteiger partial charge in [0.25, 0.3) is 0 Å². The molecule has 2 amide bonds. The van der Waals surface area contributed by atoms with Crippen LogP contribution in [0.3, 0.4) is 0 Å². The highest BCUT2D eigenvalue weighted by Crippen LogP contribution is 2.22. The molecule has 1 aliphatic heterocycles. The average molecular weight is 350 g/mol. The summed E-state index contributed by atoms with van der Waals surface area (Å²) in [5, 5.41) is 12.5. The molecular weight excluding hydrogens is 333 g/mol. The van der Waals surface area contributed by atoms with E-state index in [4.69, 9.17) is 11.6 Å². The largest absolute Gasteiger partial charge is 0.508 e. The minimum Gasteiger partial charge on any atom is -0.508 e. The number of nitrogens with one attached hydrogen (secondary N) is 1. The third kappa shape index (κ3) is 3.71. The van der Waals surface area contributed by atoms with Crippen LogP contribution >= 0.6 is 11.6 Å². The summed E-state index contributed by atoms with van der Waals surface area (Å²) in [6, 6.07) is 10.7. The molecule has 0 saturated carbocycles. The van der Waals surface area contributed by atoms with Gasteiger partial charge in [0, 0.05) is 43.0 Å². The molecule has 1 saturated heterocycles. The fourth-order valence-electron chi connectivity index (χ4n) is 2.65. The Bertz CT molecular complexity index is 748. The Morgan fingerprint density at radius 1 is 1.12 bits per heavy atom. The zero-order chi connectivity index (χ0) is 17.1. The Kier molecular flexibility index (Phi) is 4.76. The maximum absolute atomic E-state index is 13.7. The van der Waals surface area contributed by atoms with Crippen LogP contribution in [0.1, 0.15) is 0 Å². The van der Waals surface area contributed by atoms with Gasteiger partial charge in [0.05, 0.1) is 5.69 Å². The first-order valence-electron chi connectivity index (χ1n) is 7.58. The second kappa shape index (κ2) is 6.97. The number of halogens is 2. The number of carbonyl (C=O) groups is 1. The Morgan fingerprint density at radius 3 is 2.58 bits per heavy atom. The van der Waals surface area contributed by atoms with Gasteiger partial charge in [0.15, 0.2) is 0 Å². The van der Waals surface area contributed by atoms with Crippen molar-refractivity contribution in [3.8, 4) is 5.75 Å². The molecule has 0 radical (unpaired) electrons. The first-order chi connectivity index (χ1) is 11.5. The molecule has 0 bridgehead atoms. The van der Waals surface area contributed by atoms with E-state index in [-0.39, 0.29) is 17.5 Å². The smallest absolute Gasteiger partial charge is 0.322 e. The van der Waals surface area contributed by atoms with E-state index in [2.05, 4.69) is 10.2 Å². The quantitative estimate of drug-likeness (QED) is 0.872. The molecule has 2 aromatic rings. The molecule has 24 heavy (non-hydrogen) atoms. The number of nitrogens with zero attached hydrogens (tertiary/aromatic N) is 2. The van der Waals surface area contributed by atoms with Crippen LogP contribution in [0.4, 0.5) is 20.6 Å². The van der Waals surface area contributed by atoms with Gasteiger partial charge in [-0.1, -0.05) is 17.7 Å². The van der Waals surface area contributed by atoms with Crippen molar-refractivity contribution in [1.82, 2.24) is 4.90 Å². The summed E-state index contributed by atoms with van der Waals surface area (Å²) < 4.78 is 13.7. The molecule has 1 fully saturated rings. The molecule has 2 N–H and O–H groups in total. The molecule has 1 heterocycles. The minimum atomic E-state index is -0.522. The molecule has 7 heteroatoms. The highest BCUT2D eigenvalue weighted by atomic mass is 35.5. The molecule has 5 nitrogen and oxygen atoms in total. The van der Waals surface area contributed by atoms with Crippen molar-refractivity contribution in [3.05, 3.63) is 53.3 Å². The summed E-state index contributed by atoms with van der Waals surface area (Å²) in [4.78, 5) is 16.0. The van der Waals surface area contributed by atoms with Gasteiger partial charge in [0.1, 0.15) is 11.6 Å². The highest BCUT2D eigenvalue weighted by Gasteiger charge is 2.22. The van der Waals surface area contributed by atoms with Crippen LogP contribution in [0.2, 0.25) is 5.02 Å². The number of hydrogen-bond donors (Lipinski definition) is 2. The number of benzene rings is 2. The Balaban J connectivity index is 1.60. The van der Waals surface area contributed by atoms with Gasteiger partial charge in [-0.05, 0) is 30.3 Å². The maximum atomic E-state index is 13.7. The third-order valence-corrected chi connectivity index (χ3v) is 4.17. The zero-order valence-electron chi connectivity index (χ0n) is 12.9. The molecular formula is C17H17ClFN3O2. The Morgan fingerprint density at radius 2 is 1.88 bits per heavy atom. The van der Waals surface area contributed by atoms with Crippen LogP contribution in [0.5, 0.6) is 5.75 Å². The summed E-state index contributed by atoms with van der Waals surface area (Å²) in [5.74, 6) is -0.310. The summed E-state index contributed by atoms with van der Waals surface area (Å²) >= 11 is 5.83. The van der Waals surface area contributed by atoms with E-state index in [0.29, 0.717) is 31.2 Å². The molecule has 0 unspecified atom stereocenters. The van der Waals surface area contributed by atoms with E-state index in [1.54, 1.807) is 23.1 Å². The van der Waals surface area contributed by atoms with Crippen molar-refractivity contribution in [1.29, 1.82) is 0 Å². The van der Waals surface area contributed by atoms with E-state index >= 15 is 0 Å². The van der Waals surface area contributed by atoms with Crippen LogP contribution in [0.25, 0.3) is 0 Å². The van der Waals surface area contributed by atoms with Gasteiger partial charge in [-0.2, -0.15) is 0 Å². The lowest BCUT2D eigenvalue weighted by molar-refractivity contribution is 0.208. The fourth-order valence-corrected chi connectivity index (χ4v) is 2.82. The van der Waals surface area contributed by atoms with Crippen LogP contribution in [-0.4, -0.2) is 42.2 Å². The monoisotopic (exact) mass is 349 g/mol. The first kappa shape index (κ1) is 16.4. The molecule has 0 aliphatic carbocycles. The molecule has 0 spiro atoms. The van der Waals surface area contributed by atoms with E-state index in [0.717, 1.165) is 5.69 Å². The Labute approximate surface area is 144 Å². The first-order valence-corrected chi connectivity index (χ1v) is 7.96. The fraction of sp³-hybridized carbons (Fsp3) is 0.235. The standard InChI is InChI=1S/C17H17ClFN3O2/c18-12-4-5-15(19)16(10-12)20-17(24)22-8-6-21(7-9-22)13-2-1-3-14(23)11-13/h1-5,10-11,23H,6-9H2,(H,20,24). The molecule has 2 aromatic carbocycles. The van der Waals surface area contributed by atoms with Crippen LogP contribution in [0, 0.1) is 5.82 Å². The minimum absolute atomic E-state index is 0.0721. The summed E-state index contributed by atoms with van der Waals surface area (Å²) in [5.41, 5.74) is 0.985. The second-order valence-electron chi connectivity index (χ2n) is 5.55. The van der Waals surface area contributed by atoms with E-state index < -0.39 is 5.82 Å². The van der Waals surface area contributed by atoms with Gasteiger partial charge in [0.2, 0.25) is 0 Å². The van der Waals surface area contributed by atoms with E-state index in [1.807, 2.05) is 6.07 Å². The van der Waals surface area contributed by atoms with E-state index in [1.165, 1.54) is 18.2 Å². The third-order valence-electron chi connectivity index (χ3n) is 3.93. The van der Waals surface area contributed by atoms with Crippen molar-refractivity contribution in [3.63, 3.8) is 0 Å². The van der Waals surface area contributed by atoms with Gasteiger partial charge >= 0.3 is 6.03 Å². The number of phenols is 1. The number of hydrogen-bond acceptors (Lipinski definition) is 3. The molecule has 126 valence electrons. The molecule has 0 aromatic heterocycles. The number of aromatic hydroxyl groups is 1. The van der Waals surface area contributed by atoms with Gasteiger partial charge in [-0.25, -0.2) is 9.18 Å². The average Bonchev–Trinajstić information content (AvgIpc) is 2.58. The summed E-state index contributed by atoms with van der Waals surface area (Å²) in [6.45, 7) is 2.27. The Hall–Kier alpha value is -2.47. The number of piperazine rings is 1. The normalized spacial score (nSPS) is 14.6. The lowest BCUT2D eigenvalue weighted by Crippen LogP contribution is -2.50. The van der Waals surface area contributed by atoms with Crippen molar-refractivity contribution >= 4 is 29.0 Å². The summed E-state index contributed by atoms with van der Waals surface area (Å²) in [7, 11) is 0. The number of rotatable bonds is 2. The van der Waals surface area contributed by atoms with Gasteiger partial charge in [-0.3, -0.25) is 0 Å². The number of urea groups is 1. The van der Waals surface area contributed by atoms with Gasteiger partial charge < -0.3 is 20.2 Å². The highest BCUT2D eigenvalue weighted by molar-refractivity contribution is 6.30. The number of phenolic OH excluding ortho intramolecular Hbond substituents is 1. The lowest BCUT2D eigenvalue weighted by Gasteiger charge is -2.36. The van der Waals surface area contributed by atoms with Crippen molar-refractivity contribution < 1.29 is 14.3 Å². The molecule has 0 atom stereocenters. The van der Waals surface area contributed by atoms with Crippen molar-refractivity contribution in [2.45, 2.75) is 0 Å². The van der Waals surface area contributed by atoms with Gasteiger partial charge in [-0.15, -0.1) is 0 Å². The van der Waals surface area contributed by atoms with Crippen molar-refractivity contribution in [2.24, 2.45) is 0 Å². The van der Waals surface area contributed by atoms with Crippen LogP contribution in [-0.2, 0) is 0 Å². The van der Waals surface area contributed by atoms with E-state index in [9.17, 15) is 14.3 Å². The second-order valence-corrected chi connectivity index (χ2v) is 5.98. The SMILES string of the molecule is O=C(Nc1cc(Cl)ccc1F)N1CCN(c2cccc(O)c2)CC1. The zero-order valence-corrected chi connectivity index (χ0v) is 13.6.